The first-order valence-electron chi connectivity index (χ1n) is 8.66. The van der Waals surface area contributed by atoms with E-state index in [4.69, 9.17) is 21.6 Å². The Labute approximate surface area is 161 Å². The number of fused-ring (bicyclic) bond motifs is 1. The second-order valence-electron chi connectivity index (χ2n) is 6.26. The Morgan fingerprint density at radius 1 is 1.19 bits per heavy atom. The Morgan fingerprint density at radius 3 is 2.70 bits per heavy atom. The number of rotatable bonds is 5. The maximum Gasteiger partial charge on any atom is 0.343 e. The summed E-state index contributed by atoms with van der Waals surface area (Å²) in [7, 11) is 0. The van der Waals surface area contributed by atoms with Crippen molar-refractivity contribution in [3.8, 4) is 11.8 Å². The van der Waals surface area contributed by atoms with Gasteiger partial charge in [-0.05, 0) is 54.1 Å². The fourth-order valence-corrected chi connectivity index (χ4v) is 3.14. The number of nitriles is 1. The predicted octanol–water partition coefficient (Wildman–Crippen LogP) is 6.07. The summed E-state index contributed by atoms with van der Waals surface area (Å²) in [5.41, 5.74) is 1.37. The molecule has 27 heavy (non-hydrogen) atoms. The molecule has 3 aromatic carbocycles. The minimum Gasteiger partial charge on any atom is -0.423 e. The molecule has 0 fully saturated rings. The third-order valence-electron chi connectivity index (χ3n) is 4.29. The van der Waals surface area contributed by atoms with Crippen LogP contribution in [0.25, 0.3) is 10.8 Å². The van der Waals surface area contributed by atoms with Gasteiger partial charge in [0.05, 0.1) is 11.1 Å². The van der Waals surface area contributed by atoms with Gasteiger partial charge in [0.1, 0.15) is 17.6 Å². The van der Waals surface area contributed by atoms with Gasteiger partial charge in [-0.3, -0.25) is 0 Å². The molecule has 0 bridgehead atoms. The molecule has 136 valence electrons. The van der Waals surface area contributed by atoms with Gasteiger partial charge >= 0.3 is 5.97 Å². The summed E-state index contributed by atoms with van der Waals surface area (Å²) in [6.07, 6.45) is 3.16. The van der Waals surface area contributed by atoms with E-state index < -0.39 is 11.8 Å². The summed E-state index contributed by atoms with van der Waals surface area (Å²) in [4.78, 5) is 12.4. The van der Waals surface area contributed by atoms with Crippen LogP contribution in [0, 0.1) is 17.1 Å². The zero-order valence-electron chi connectivity index (χ0n) is 14.8. The van der Waals surface area contributed by atoms with Crippen LogP contribution in [0.3, 0.4) is 0 Å². The van der Waals surface area contributed by atoms with E-state index in [1.54, 1.807) is 18.2 Å². The number of halogens is 2. The SMILES string of the molecule is CCCCc1cc(Cl)c2cc(C(=O)Oc3ccc(C#N)c(F)c3)ccc2c1. The van der Waals surface area contributed by atoms with E-state index in [-0.39, 0.29) is 11.3 Å². The number of ether oxygens (including phenoxy) is 1. The molecule has 3 aromatic rings. The number of aryl methyl sites for hydroxylation is 1. The maximum absolute atomic E-state index is 13.7. The molecule has 0 aromatic heterocycles. The first-order chi connectivity index (χ1) is 13.0. The van der Waals surface area contributed by atoms with Crippen molar-refractivity contribution in [3.05, 3.63) is 76.1 Å². The van der Waals surface area contributed by atoms with Crippen molar-refractivity contribution in [3.63, 3.8) is 0 Å². The molecule has 0 amide bonds. The lowest BCUT2D eigenvalue weighted by molar-refractivity contribution is 0.0734. The van der Waals surface area contributed by atoms with Crippen molar-refractivity contribution in [1.29, 1.82) is 5.26 Å². The third-order valence-corrected chi connectivity index (χ3v) is 4.60. The average molecular weight is 382 g/mol. The average Bonchev–Trinajstić information content (AvgIpc) is 2.66. The molecule has 0 aliphatic heterocycles. The number of nitrogens with zero attached hydrogens (tertiary/aromatic N) is 1. The van der Waals surface area contributed by atoms with Gasteiger partial charge in [0.15, 0.2) is 0 Å². The smallest absolute Gasteiger partial charge is 0.343 e. The molecule has 0 atom stereocenters. The van der Waals surface area contributed by atoms with E-state index in [0.29, 0.717) is 10.6 Å². The van der Waals surface area contributed by atoms with Crippen LogP contribution in [0.15, 0.2) is 48.5 Å². The van der Waals surface area contributed by atoms with Crippen LogP contribution < -0.4 is 4.74 Å². The Morgan fingerprint density at radius 2 is 2.00 bits per heavy atom. The molecule has 0 radical (unpaired) electrons. The lowest BCUT2D eigenvalue weighted by atomic mass is 10.0. The van der Waals surface area contributed by atoms with Gasteiger partial charge in [0, 0.05) is 16.5 Å². The van der Waals surface area contributed by atoms with Gasteiger partial charge in [-0.2, -0.15) is 5.26 Å². The normalized spacial score (nSPS) is 10.6. The molecule has 0 aliphatic rings. The number of benzene rings is 3. The number of esters is 1. The zero-order chi connectivity index (χ0) is 19.4. The first kappa shape index (κ1) is 18.9. The molecule has 0 saturated heterocycles. The molecule has 3 rings (SSSR count). The van der Waals surface area contributed by atoms with E-state index in [1.807, 2.05) is 12.1 Å². The van der Waals surface area contributed by atoms with E-state index in [1.165, 1.54) is 12.1 Å². The number of unbranched alkanes of at least 4 members (excludes halogenated alkanes) is 1. The first-order valence-corrected chi connectivity index (χ1v) is 9.03. The van der Waals surface area contributed by atoms with Gasteiger partial charge < -0.3 is 4.74 Å². The second kappa shape index (κ2) is 8.20. The van der Waals surface area contributed by atoms with E-state index in [2.05, 4.69) is 13.0 Å². The van der Waals surface area contributed by atoms with Crippen molar-refractivity contribution in [2.24, 2.45) is 0 Å². The fourth-order valence-electron chi connectivity index (χ4n) is 2.84. The highest BCUT2D eigenvalue weighted by atomic mass is 35.5. The summed E-state index contributed by atoms with van der Waals surface area (Å²) in [6, 6.07) is 14.5. The van der Waals surface area contributed by atoms with Crippen molar-refractivity contribution in [2.45, 2.75) is 26.2 Å². The third kappa shape index (κ3) is 4.27. The standard InChI is InChI=1S/C22H17ClFNO2/c1-2-3-4-14-9-15-5-6-16(11-19(15)20(23)10-14)22(26)27-18-8-7-17(13-25)21(24)12-18/h5-12H,2-4H2,1H3. The highest BCUT2D eigenvalue weighted by Gasteiger charge is 2.13. The summed E-state index contributed by atoms with van der Waals surface area (Å²) in [5, 5.41) is 11.0. The molecule has 0 spiro atoms. The molecule has 0 heterocycles. The fraction of sp³-hybridized carbons (Fsp3) is 0.182. The summed E-state index contributed by atoms with van der Waals surface area (Å²) < 4.78 is 18.9. The Bertz CT molecular complexity index is 1060. The quantitative estimate of drug-likeness (QED) is 0.398. The molecule has 3 nitrogen and oxygen atoms in total. The maximum atomic E-state index is 13.7. The van der Waals surface area contributed by atoms with Crippen LogP contribution >= 0.6 is 11.6 Å². The molecular formula is C22H17ClFNO2. The molecule has 0 aliphatic carbocycles. The summed E-state index contributed by atoms with van der Waals surface area (Å²) >= 11 is 6.40. The van der Waals surface area contributed by atoms with Crippen LogP contribution in [0.1, 0.15) is 41.3 Å². The highest BCUT2D eigenvalue weighted by Crippen LogP contribution is 2.28. The van der Waals surface area contributed by atoms with Crippen LogP contribution in [0.5, 0.6) is 5.75 Å². The van der Waals surface area contributed by atoms with Gasteiger partial charge in [-0.15, -0.1) is 0 Å². The van der Waals surface area contributed by atoms with E-state index >= 15 is 0 Å². The number of hydrogen-bond donors (Lipinski definition) is 0. The van der Waals surface area contributed by atoms with Crippen LogP contribution in [-0.4, -0.2) is 5.97 Å². The Hall–Kier alpha value is -2.90. The monoisotopic (exact) mass is 381 g/mol. The van der Waals surface area contributed by atoms with Crippen molar-refractivity contribution < 1.29 is 13.9 Å². The lowest BCUT2D eigenvalue weighted by Gasteiger charge is -2.09. The predicted molar refractivity (Wildman–Crippen MR) is 104 cm³/mol. The van der Waals surface area contributed by atoms with E-state index in [9.17, 15) is 9.18 Å². The minimum absolute atomic E-state index is 0.0395. The summed E-state index contributed by atoms with van der Waals surface area (Å²) in [5.74, 6) is -1.31. The van der Waals surface area contributed by atoms with Gasteiger partial charge in [0.25, 0.3) is 0 Å². The molecule has 5 heteroatoms. The van der Waals surface area contributed by atoms with Crippen molar-refractivity contribution in [1.82, 2.24) is 0 Å². The molecular weight excluding hydrogens is 365 g/mol. The Kier molecular flexibility index (Phi) is 5.73. The largest absolute Gasteiger partial charge is 0.423 e. The van der Waals surface area contributed by atoms with Crippen LogP contribution in [0.4, 0.5) is 4.39 Å². The topological polar surface area (TPSA) is 50.1 Å². The number of carbonyl (C=O) groups is 1. The van der Waals surface area contributed by atoms with Gasteiger partial charge in [0.2, 0.25) is 0 Å². The second-order valence-corrected chi connectivity index (χ2v) is 6.67. The molecule has 0 unspecified atom stereocenters. The molecule has 0 N–H and O–H groups in total. The van der Waals surface area contributed by atoms with Gasteiger partial charge in [-0.1, -0.05) is 37.1 Å². The zero-order valence-corrected chi connectivity index (χ0v) is 15.5. The molecule has 0 saturated carbocycles. The minimum atomic E-state index is -0.732. The van der Waals surface area contributed by atoms with E-state index in [0.717, 1.165) is 41.7 Å². The lowest BCUT2D eigenvalue weighted by Crippen LogP contribution is -2.08. The van der Waals surface area contributed by atoms with Crippen LogP contribution in [0.2, 0.25) is 5.02 Å². The van der Waals surface area contributed by atoms with Crippen molar-refractivity contribution in [2.75, 3.05) is 0 Å². The van der Waals surface area contributed by atoms with Crippen molar-refractivity contribution >= 4 is 28.3 Å². The summed E-state index contributed by atoms with van der Waals surface area (Å²) in [6.45, 7) is 2.14. The van der Waals surface area contributed by atoms with Crippen LogP contribution in [-0.2, 0) is 6.42 Å². The number of hydrogen-bond acceptors (Lipinski definition) is 3. The highest BCUT2D eigenvalue weighted by molar-refractivity contribution is 6.35. The van der Waals surface area contributed by atoms with Gasteiger partial charge in [-0.25, -0.2) is 9.18 Å². The number of carbonyl (C=O) groups excluding carboxylic acids is 1. The Balaban J connectivity index is 1.86.